The molecule has 2 heteroatoms. The average Bonchev–Trinajstić information content (AvgIpc) is 2.45. The van der Waals surface area contributed by atoms with Crippen molar-refractivity contribution in [3.63, 3.8) is 0 Å². The third kappa shape index (κ3) is 2.82. The zero-order valence-electron chi connectivity index (χ0n) is 9.76. The van der Waals surface area contributed by atoms with E-state index in [1.165, 1.54) is 0 Å². The number of benzene rings is 2. The Labute approximate surface area is 112 Å². The molecule has 1 nitrogen and oxygen atoms in total. The molecule has 2 rings (SSSR count). The van der Waals surface area contributed by atoms with Crippen LogP contribution >= 0.6 is 12.6 Å². The summed E-state index contributed by atoms with van der Waals surface area (Å²) in [5, 5.41) is 0. The van der Waals surface area contributed by atoms with Gasteiger partial charge in [-0.1, -0.05) is 54.3 Å². The second-order valence-electron chi connectivity index (χ2n) is 3.70. The van der Waals surface area contributed by atoms with Crippen molar-refractivity contribution in [2.75, 3.05) is 5.75 Å². The molecule has 0 heterocycles. The van der Waals surface area contributed by atoms with E-state index in [4.69, 9.17) is 0 Å². The SMILES string of the molecule is O=C(c1ccccc1)c1ccccc1C#CCS. The fraction of sp³-hybridized carbons (Fsp3) is 0.0625. The Morgan fingerprint density at radius 2 is 1.67 bits per heavy atom. The summed E-state index contributed by atoms with van der Waals surface area (Å²) >= 11 is 4.05. The number of hydrogen-bond donors (Lipinski definition) is 1. The van der Waals surface area contributed by atoms with Crippen LogP contribution in [0.4, 0.5) is 0 Å². The van der Waals surface area contributed by atoms with E-state index in [0.29, 0.717) is 16.9 Å². The molecule has 0 spiro atoms. The van der Waals surface area contributed by atoms with E-state index in [1.807, 2.05) is 48.5 Å². The molecule has 0 aliphatic rings. The molecule has 2 aromatic rings. The van der Waals surface area contributed by atoms with E-state index < -0.39 is 0 Å². The highest BCUT2D eigenvalue weighted by molar-refractivity contribution is 7.80. The molecule has 0 unspecified atom stereocenters. The van der Waals surface area contributed by atoms with Gasteiger partial charge in [0.2, 0.25) is 0 Å². The smallest absolute Gasteiger partial charge is 0.194 e. The fourth-order valence-corrected chi connectivity index (χ4v) is 1.75. The van der Waals surface area contributed by atoms with E-state index in [9.17, 15) is 4.79 Å². The van der Waals surface area contributed by atoms with Crippen LogP contribution in [-0.2, 0) is 0 Å². The van der Waals surface area contributed by atoms with E-state index in [2.05, 4.69) is 24.5 Å². The highest BCUT2D eigenvalue weighted by Gasteiger charge is 2.11. The Kier molecular flexibility index (Phi) is 4.22. The first kappa shape index (κ1) is 12.5. The van der Waals surface area contributed by atoms with Crippen molar-refractivity contribution in [3.8, 4) is 11.8 Å². The minimum Gasteiger partial charge on any atom is -0.289 e. The van der Waals surface area contributed by atoms with Crippen LogP contribution in [0.15, 0.2) is 54.6 Å². The topological polar surface area (TPSA) is 17.1 Å². The third-order valence-electron chi connectivity index (χ3n) is 2.51. The Morgan fingerprint density at radius 1 is 1.00 bits per heavy atom. The van der Waals surface area contributed by atoms with Crippen molar-refractivity contribution in [2.24, 2.45) is 0 Å². The van der Waals surface area contributed by atoms with Gasteiger partial charge in [-0.15, -0.1) is 0 Å². The molecule has 0 bridgehead atoms. The summed E-state index contributed by atoms with van der Waals surface area (Å²) < 4.78 is 0. The van der Waals surface area contributed by atoms with Gasteiger partial charge in [0.1, 0.15) is 0 Å². The first-order valence-corrected chi connectivity index (χ1v) is 6.24. The van der Waals surface area contributed by atoms with Crippen molar-refractivity contribution < 1.29 is 4.79 Å². The number of hydrogen-bond acceptors (Lipinski definition) is 2. The van der Waals surface area contributed by atoms with Crippen LogP contribution < -0.4 is 0 Å². The predicted molar refractivity (Wildman–Crippen MR) is 77.0 cm³/mol. The van der Waals surface area contributed by atoms with Gasteiger partial charge in [-0.3, -0.25) is 4.79 Å². The maximum Gasteiger partial charge on any atom is 0.194 e. The highest BCUT2D eigenvalue weighted by Crippen LogP contribution is 2.13. The van der Waals surface area contributed by atoms with Crippen LogP contribution in [0, 0.1) is 11.8 Å². The van der Waals surface area contributed by atoms with Crippen LogP contribution in [-0.4, -0.2) is 11.5 Å². The summed E-state index contributed by atoms with van der Waals surface area (Å²) in [6, 6.07) is 16.6. The van der Waals surface area contributed by atoms with E-state index in [0.717, 1.165) is 5.56 Å². The molecular formula is C16H12OS. The summed E-state index contributed by atoms with van der Waals surface area (Å²) in [6.07, 6.45) is 0. The quantitative estimate of drug-likeness (QED) is 0.493. The summed E-state index contributed by atoms with van der Waals surface area (Å²) in [5.41, 5.74) is 2.07. The molecule has 0 saturated carbocycles. The zero-order valence-corrected chi connectivity index (χ0v) is 10.7. The first-order chi connectivity index (χ1) is 8.83. The van der Waals surface area contributed by atoms with Gasteiger partial charge in [0.05, 0.1) is 5.75 Å². The lowest BCUT2D eigenvalue weighted by atomic mass is 9.99. The zero-order chi connectivity index (χ0) is 12.8. The van der Waals surface area contributed by atoms with Gasteiger partial charge in [0.15, 0.2) is 5.78 Å². The van der Waals surface area contributed by atoms with E-state index in [1.54, 1.807) is 6.07 Å². The van der Waals surface area contributed by atoms with Gasteiger partial charge < -0.3 is 0 Å². The molecule has 0 aromatic heterocycles. The van der Waals surface area contributed by atoms with Gasteiger partial charge >= 0.3 is 0 Å². The number of carbonyl (C=O) groups is 1. The van der Waals surface area contributed by atoms with Crippen molar-refractivity contribution in [1.82, 2.24) is 0 Å². The van der Waals surface area contributed by atoms with Crippen LogP contribution in [0.1, 0.15) is 21.5 Å². The average molecular weight is 252 g/mol. The summed E-state index contributed by atoms with van der Waals surface area (Å²) in [7, 11) is 0. The standard InChI is InChI=1S/C16H12OS/c17-16(14-8-2-1-3-9-14)15-11-5-4-7-13(15)10-6-12-18/h1-5,7-9,11,18H,12H2. The van der Waals surface area contributed by atoms with Gasteiger partial charge in [-0.2, -0.15) is 12.6 Å². The molecule has 18 heavy (non-hydrogen) atoms. The van der Waals surface area contributed by atoms with Gasteiger partial charge in [-0.05, 0) is 12.1 Å². The maximum absolute atomic E-state index is 12.3. The summed E-state index contributed by atoms with van der Waals surface area (Å²) in [5.74, 6) is 6.32. The molecule has 2 aromatic carbocycles. The Hall–Kier alpha value is -1.98. The molecule has 88 valence electrons. The minimum absolute atomic E-state index is 0.000311. The lowest BCUT2D eigenvalue weighted by Gasteiger charge is -2.03. The number of thiol groups is 1. The predicted octanol–water partition coefficient (Wildman–Crippen LogP) is 3.20. The monoisotopic (exact) mass is 252 g/mol. The minimum atomic E-state index is -0.000311. The molecular weight excluding hydrogens is 240 g/mol. The Bertz CT molecular complexity index is 606. The van der Waals surface area contributed by atoms with Gasteiger partial charge in [0.25, 0.3) is 0 Å². The second kappa shape index (κ2) is 6.09. The second-order valence-corrected chi connectivity index (χ2v) is 4.02. The number of carbonyl (C=O) groups excluding carboxylic acids is 1. The molecule has 0 aliphatic carbocycles. The van der Waals surface area contributed by atoms with Crippen molar-refractivity contribution >= 4 is 18.4 Å². The number of rotatable bonds is 2. The van der Waals surface area contributed by atoms with Crippen molar-refractivity contribution in [2.45, 2.75) is 0 Å². The van der Waals surface area contributed by atoms with E-state index in [-0.39, 0.29) is 5.78 Å². The molecule has 0 fully saturated rings. The normalized spacial score (nSPS) is 9.39. The Morgan fingerprint density at radius 3 is 2.39 bits per heavy atom. The largest absolute Gasteiger partial charge is 0.289 e. The lowest BCUT2D eigenvalue weighted by molar-refractivity contribution is 0.103. The Balaban J connectivity index is 2.42. The summed E-state index contributed by atoms with van der Waals surface area (Å²) in [6.45, 7) is 0. The van der Waals surface area contributed by atoms with E-state index >= 15 is 0 Å². The van der Waals surface area contributed by atoms with Crippen molar-refractivity contribution in [1.29, 1.82) is 0 Å². The van der Waals surface area contributed by atoms with Gasteiger partial charge in [-0.25, -0.2) is 0 Å². The fourth-order valence-electron chi connectivity index (χ4n) is 1.67. The highest BCUT2D eigenvalue weighted by atomic mass is 32.1. The van der Waals surface area contributed by atoms with Gasteiger partial charge in [0, 0.05) is 16.7 Å². The molecule has 0 amide bonds. The van der Waals surface area contributed by atoms with Crippen LogP contribution in [0.2, 0.25) is 0 Å². The molecule has 0 atom stereocenters. The third-order valence-corrected chi connectivity index (χ3v) is 2.67. The molecule has 0 radical (unpaired) electrons. The summed E-state index contributed by atoms with van der Waals surface area (Å²) in [4.78, 5) is 12.3. The van der Waals surface area contributed by atoms with Crippen LogP contribution in [0.5, 0.6) is 0 Å². The first-order valence-electron chi connectivity index (χ1n) is 5.61. The molecule has 0 N–H and O–H groups in total. The van der Waals surface area contributed by atoms with Crippen LogP contribution in [0.3, 0.4) is 0 Å². The van der Waals surface area contributed by atoms with Crippen molar-refractivity contribution in [3.05, 3.63) is 71.3 Å². The lowest BCUT2D eigenvalue weighted by Crippen LogP contribution is -2.03. The maximum atomic E-state index is 12.3. The molecule has 0 saturated heterocycles. The number of ketones is 1. The molecule has 0 aliphatic heterocycles. The van der Waals surface area contributed by atoms with Crippen LogP contribution in [0.25, 0.3) is 0 Å².